The summed E-state index contributed by atoms with van der Waals surface area (Å²) in [4.78, 5) is 27.7. The zero-order chi connectivity index (χ0) is 13.3. The van der Waals surface area contributed by atoms with E-state index in [0.717, 1.165) is 32.5 Å². The van der Waals surface area contributed by atoms with E-state index in [9.17, 15) is 9.59 Å². The van der Waals surface area contributed by atoms with Crippen LogP contribution in [0.4, 0.5) is 0 Å². The van der Waals surface area contributed by atoms with Crippen LogP contribution in [0.1, 0.15) is 33.6 Å². The molecule has 0 bridgehead atoms. The Morgan fingerprint density at radius 1 is 1.17 bits per heavy atom. The molecule has 2 saturated heterocycles. The fourth-order valence-corrected chi connectivity index (χ4v) is 3.12. The van der Waals surface area contributed by atoms with Crippen LogP contribution >= 0.6 is 0 Å². The minimum Gasteiger partial charge on any atom is -0.338 e. The number of hydrogen-bond donors (Lipinski definition) is 1. The molecule has 2 heterocycles. The number of nitrogens with one attached hydrogen (secondary N) is 1. The number of piperazine rings is 1. The van der Waals surface area contributed by atoms with Gasteiger partial charge in [0.25, 0.3) is 0 Å². The topological polar surface area (TPSA) is 52.7 Å². The van der Waals surface area contributed by atoms with Crippen molar-refractivity contribution >= 4 is 11.8 Å². The van der Waals surface area contributed by atoms with Gasteiger partial charge in [-0.1, -0.05) is 0 Å². The average Bonchev–Trinajstić information content (AvgIpc) is 2.75. The van der Waals surface area contributed by atoms with Crippen molar-refractivity contribution in [1.82, 2.24) is 15.1 Å². The lowest BCUT2D eigenvalue weighted by atomic mass is 10.1. The van der Waals surface area contributed by atoms with E-state index < -0.39 is 0 Å². The molecule has 0 spiro atoms. The number of carbonyl (C=O) groups is 2. The molecule has 0 radical (unpaired) electrons. The molecule has 0 saturated carbocycles. The van der Waals surface area contributed by atoms with Gasteiger partial charge in [-0.2, -0.15) is 0 Å². The highest BCUT2D eigenvalue weighted by Crippen LogP contribution is 2.20. The first-order chi connectivity index (χ1) is 8.49. The summed E-state index contributed by atoms with van der Waals surface area (Å²) in [6, 6.07) is 0.426. The van der Waals surface area contributed by atoms with E-state index in [1.165, 1.54) is 0 Å². The van der Waals surface area contributed by atoms with Crippen molar-refractivity contribution in [3.05, 3.63) is 0 Å². The zero-order valence-corrected chi connectivity index (χ0v) is 11.5. The van der Waals surface area contributed by atoms with Crippen LogP contribution in [0.15, 0.2) is 0 Å². The highest BCUT2D eigenvalue weighted by atomic mass is 16.2. The van der Waals surface area contributed by atoms with Gasteiger partial charge in [-0.25, -0.2) is 0 Å². The van der Waals surface area contributed by atoms with Crippen molar-refractivity contribution in [2.75, 3.05) is 19.6 Å². The van der Waals surface area contributed by atoms with E-state index in [1.54, 1.807) is 11.8 Å². The summed E-state index contributed by atoms with van der Waals surface area (Å²) in [5.41, 5.74) is 0. The van der Waals surface area contributed by atoms with Crippen LogP contribution in [0, 0.1) is 0 Å². The van der Waals surface area contributed by atoms with Crippen LogP contribution in [0.3, 0.4) is 0 Å². The molecule has 2 aliphatic rings. The summed E-state index contributed by atoms with van der Waals surface area (Å²) in [6.07, 6.45) is 1.75. The largest absolute Gasteiger partial charge is 0.338 e. The minimum absolute atomic E-state index is 0.0158. The van der Waals surface area contributed by atoms with Gasteiger partial charge in [-0.15, -0.1) is 0 Å². The Balaban J connectivity index is 2.04. The SMILES string of the molecule is CC(=O)N1CCC[C@@H]1C(=O)N1C[C@H](C)N[C@@H](C)C1. The lowest BCUT2D eigenvalue weighted by Gasteiger charge is -2.38. The van der Waals surface area contributed by atoms with Gasteiger partial charge in [0.1, 0.15) is 6.04 Å². The van der Waals surface area contributed by atoms with Crippen molar-refractivity contribution in [2.24, 2.45) is 0 Å². The molecule has 0 unspecified atom stereocenters. The van der Waals surface area contributed by atoms with E-state index in [-0.39, 0.29) is 17.9 Å². The molecule has 2 amide bonds. The normalized spacial score (nSPS) is 32.7. The first kappa shape index (κ1) is 13.3. The second kappa shape index (κ2) is 5.26. The molecule has 2 fully saturated rings. The maximum Gasteiger partial charge on any atom is 0.245 e. The van der Waals surface area contributed by atoms with E-state index in [0.29, 0.717) is 12.1 Å². The molecular formula is C13H23N3O2. The van der Waals surface area contributed by atoms with E-state index >= 15 is 0 Å². The van der Waals surface area contributed by atoms with Crippen molar-refractivity contribution in [3.8, 4) is 0 Å². The fourth-order valence-electron chi connectivity index (χ4n) is 3.12. The van der Waals surface area contributed by atoms with Gasteiger partial charge in [0.15, 0.2) is 0 Å². The van der Waals surface area contributed by atoms with Crippen LogP contribution in [0.5, 0.6) is 0 Å². The van der Waals surface area contributed by atoms with Gasteiger partial charge < -0.3 is 15.1 Å². The second-order valence-corrected chi connectivity index (χ2v) is 5.58. The summed E-state index contributed by atoms with van der Waals surface area (Å²) in [5.74, 6) is 0.144. The standard InChI is InChI=1S/C13H23N3O2/c1-9-7-15(8-10(2)14-9)13(18)12-5-4-6-16(12)11(3)17/h9-10,12,14H,4-8H2,1-3H3/t9-,10-,12+/m0/s1. The molecule has 2 rings (SSSR count). The van der Waals surface area contributed by atoms with Crippen LogP contribution in [-0.4, -0.2) is 59.4 Å². The van der Waals surface area contributed by atoms with Gasteiger partial charge in [0.2, 0.25) is 11.8 Å². The maximum atomic E-state index is 12.5. The Bertz CT molecular complexity index is 335. The predicted molar refractivity (Wildman–Crippen MR) is 69.0 cm³/mol. The third-order valence-electron chi connectivity index (χ3n) is 3.81. The molecule has 0 aromatic carbocycles. The fraction of sp³-hybridized carbons (Fsp3) is 0.846. The Kier molecular flexibility index (Phi) is 3.90. The van der Waals surface area contributed by atoms with Crippen molar-refractivity contribution in [1.29, 1.82) is 0 Å². The van der Waals surface area contributed by atoms with Crippen molar-refractivity contribution in [3.63, 3.8) is 0 Å². The zero-order valence-electron chi connectivity index (χ0n) is 11.5. The Morgan fingerprint density at radius 3 is 2.33 bits per heavy atom. The highest BCUT2D eigenvalue weighted by molar-refractivity contribution is 5.87. The van der Waals surface area contributed by atoms with Gasteiger partial charge in [-0.05, 0) is 26.7 Å². The number of amides is 2. The molecule has 3 atom stereocenters. The highest BCUT2D eigenvalue weighted by Gasteiger charge is 2.36. The third-order valence-corrected chi connectivity index (χ3v) is 3.81. The van der Waals surface area contributed by atoms with Crippen LogP contribution in [-0.2, 0) is 9.59 Å². The smallest absolute Gasteiger partial charge is 0.245 e. The molecule has 2 aliphatic heterocycles. The molecule has 0 aliphatic carbocycles. The molecule has 18 heavy (non-hydrogen) atoms. The molecule has 1 N–H and O–H groups in total. The Hall–Kier alpha value is -1.10. The maximum absolute atomic E-state index is 12.5. The predicted octanol–water partition coefficient (Wildman–Crippen LogP) is 0.206. The number of carbonyl (C=O) groups excluding carboxylic acids is 2. The molecule has 0 aromatic rings. The van der Waals surface area contributed by atoms with Gasteiger partial charge in [0.05, 0.1) is 0 Å². The molecule has 5 heteroatoms. The molecule has 0 aromatic heterocycles. The van der Waals surface area contributed by atoms with Gasteiger partial charge >= 0.3 is 0 Å². The first-order valence-corrected chi connectivity index (χ1v) is 6.81. The van der Waals surface area contributed by atoms with Gasteiger partial charge in [-0.3, -0.25) is 9.59 Å². The summed E-state index contributed by atoms with van der Waals surface area (Å²) in [7, 11) is 0. The summed E-state index contributed by atoms with van der Waals surface area (Å²) in [6.45, 7) is 7.94. The van der Waals surface area contributed by atoms with Crippen molar-refractivity contribution in [2.45, 2.75) is 51.7 Å². The quantitative estimate of drug-likeness (QED) is 0.726. The van der Waals surface area contributed by atoms with E-state index in [2.05, 4.69) is 19.2 Å². The number of rotatable bonds is 1. The number of hydrogen-bond acceptors (Lipinski definition) is 3. The van der Waals surface area contributed by atoms with Crippen LogP contribution in [0.25, 0.3) is 0 Å². The van der Waals surface area contributed by atoms with E-state index in [4.69, 9.17) is 0 Å². The summed E-state index contributed by atoms with van der Waals surface area (Å²) >= 11 is 0. The lowest BCUT2D eigenvalue weighted by Crippen LogP contribution is -2.59. The Morgan fingerprint density at radius 2 is 1.78 bits per heavy atom. The monoisotopic (exact) mass is 253 g/mol. The van der Waals surface area contributed by atoms with Gasteiger partial charge in [0, 0.05) is 38.6 Å². The lowest BCUT2D eigenvalue weighted by molar-refractivity contribution is -0.144. The summed E-state index contributed by atoms with van der Waals surface area (Å²) in [5, 5.41) is 3.41. The molecular weight excluding hydrogens is 230 g/mol. The van der Waals surface area contributed by atoms with Crippen LogP contribution in [0.2, 0.25) is 0 Å². The Labute approximate surface area is 108 Å². The second-order valence-electron chi connectivity index (χ2n) is 5.58. The average molecular weight is 253 g/mol. The van der Waals surface area contributed by atoms with Crippen LogP contribution < -0.4 is 5.32 Å². The first-order valence-electron chi connectivity index (χ1n) is 6.81. The number of likely N-dealkylation sites (tertiary alicyclic amines) is 1. The third kappa shape index (κ3) is 2.66. The summed E-state index contributed by atoms with van der Waals surface area (Å²) < 4.78 is 0. The molecule has 102 valence electrons. The molecule has 5 nitrogen and oxygen atoms in total. The minimum atomic E-state index is -0.222. The number of nitrogens with zero attached hydrogens (tertiary/aromatic N) is 2. The van der Waals surface area contributed by atoms with Crippen molar-refractivity contribution < 1.29 is 9.59 Å². The van der Waals surface area contributed by atoms with E-state index in [1.807, 2.05) is 4.90 Å².